The lowest BCUT2D eigenvalue weighted by atomic mass is 10.1. The van der Waals surface area contributed by atoms with Crippen molar-refractivity contribution < 1.29 is 0 Å². The Kier molecular flexibility index (Phi) is 10.6. The standard InChI is InChI=1S/C14H24N2S.C4H9N/c1-12-6-8-14(9-7-12)13(2)16-17-11-5-3-4-10-15;5-3-4-1-2-4/h6-9,13,16H,3-5,10-11,15H2,1-2H3;4H,1-3,5H2/t13-;/m0./s1. The van der Waals surface area contributed by atoms with Gasteiger partial charge in [-0.1, -0.05) is 48.2 Å². The van der Waals surface area contributed by atoms with Crippen LogP contribution in [0.15, 0.2) is 24.3 Å². The topological polar surface area (TPSA) is 64.1 Å². The fraction of sp³-hybridized carbons (Fsp3) is 0.667. The second-order valence-corrected chi connectivity index (χ2v) is 7.06. The van der Waals surface area contributed by atoms with Crippen molar-refractivity contribution in [2.75, 3.05) is 18.8 Å². The summed E-state index contributed by atoms with van der Waals surface area (Å²) < 4.78 is 3.48. The molecule has 22 heavy (non-hydrogen) atoms. The third-order valence-corrected chi connectivity index (χ3v) is 4.83. The van der Waals surface area contributed by atoms with Crippen molar-refractivity contribution in [1.82, 2.24) is 4.72 Å². The normalized spacial score (nSPS) is 15.1. The van der Waals surface area contributed by atoms with Crippen molar-refractivity contribution in [2.24, 2.45) is 17.4 Å². The molecule has 0 bridgehead atoms. The summed E-state index contributed by atoms with van der Waals surface area (Å²) in [5.41, 5.74) is 13.4. The van der Waals surface area contributed by atoms with Gasteiger partial charge in [-0.2, -0.15) is 0 Å². The van der Waals surface area contributed by atoms with Crippen molar-refractivity contribution in [3.05, 3.63) is 35.4 Å². The molecule has 1 saturated carbocycles. The molecule has 2 rings (SSSR count). The summed E-state index contributed by atoms with van der Waals surface area (Å²) in [6, 6.07) is 9.14. The number of hydrogen-bond acceptors (Lipinski definition) is 4. The molecule has 0 aliphatic heterocycles. The van der Waals surface area contributed by atoms with Crippen LogP contribution in [0, 0.1) is 12.8 Å². The van der Waals surface area contributed by atoms with Crippen LogP contribution in [0.1, 0.15) is 56.2 Å². The molecule has 0 aromatic heterocycles. The Balaban J connectivity index is 0.000000406. The van der Waals surface area contributed by atoms with Gasteiger partial charge in [0.25, 0.3) is 0 Å². The SMILES string of the molecule is Cc1ccc([C@H](C)NSCCCCCN)cc1.NCC1CC1. The smallest absolute Gasteiger partial charge is 0.0393 e. The summed E-state index contributed by atoms with van der Waals surface area (Å²) in [7, 11) is 0. The Morgan fingerprint density at radius 3 is 2.32 bits per heavy atom. The molecule has 0 heterocycles. The van der Waals surface area contributed by atoms with E-state index in [0.29, 0.717) is 6.04 Å². The molecule has 0 amide bonds. The highest BCUT2D eigenvalue weighted by Gasteiger charge is 2.17. The summed E-state index contributed by atoms with van der Waals surface area (Å²) in [6.45, 7) is 6.06. The number of unbranched alkanes of at least 4 members (excludes halogenated alkanes) is 2. The van der Waals surface area contributed by atoms with Crippen molar-refractivity contribution in [2.45, 2.75) is 52.0 Å². The van der Waals surface area contributed by atoms with Crippen molar-refractivity contribution in [3.8, 4) is 0 Å². The number of hydrogen-bond donors (Lipinski definition) is 3. The van der Waals surface area contributed by atoms with E-state index in [1.54, 1.807) is 0 Å². The van der Waals surface area contributed by atoms with Gasteiger partial charge in [0.05, 0.1) is 0 Å². The van der Waals surface area contributed by atoms with E-state index in [2.05, 4.69) is 42.8 Å². The van der Waals surface area contributed by atoms with Crippen LogP contribution < -0.4 is 16.2 Å². The van der Waals surface area contributed by atoms with Crippen LogP contribution in [0.4, 0.5) is 0 Å². The lowest BCUT2D eigenvalue weighted by molar-refractivity contribution is 0.723. The highest BCUT2D eigenvalue weighted by Crippen LogP contribution is 2.26. The van der Waals surface area contributed by atoms with Gasteiger partial charge in [-0.05, 0) is 64.1 Å². The summed E-state index contributed by atoms with van der Waals surface area (Å²) in [5, 5.41) is 0. The average Bonchev–Trinajstić information content (AvgIpc) is 3.36. The molecule has 1 aliphatic rings. The molecule has 3 nitrogen and oxygen atoms in total. The first-order valence-corrected chi connectivity index (χ1v) is 9.50. The molecule has 0 radical (unpaired) electrons. The van der Waals surface area contributed by atoms with Gasteiger partial charge >= 0.3 is 0 Å². The maximum absolute atomic E-state index is 5.46. The van der Waals surface area contributed by atoms with Crippen LogP contribution in [-0.2, 0) is 0 Å². The fourth-order valence-corrected chi connectivity index (χ4v) is 2.81. The van der Waals surface area contributed by atoms with E-state index in [1.807, 2.05) is 11.9 Å². The average molecular weight is 324 g/mol. The lowest BCUT2D eigenvalue weighted by Crippen LogP contribution is -2.11. The summed E-state index contributed by atoms with van der Waals surface area (Å²) in [4.78, 5) is 0. The van der Waals surface area contributed by atoms with Gasteiger partial charge in [0.2, 0.25) is 0 Å². The fourth-order valence-electron chi connectivity index (χ4n) is 1.96. The molecule has 0 spiro atoms. The number of aryl methyl sites for hydroxylation is 1. The van der Waals surface area contributed by atoms with E-state index in [9.17, 15) is 0 Å². The van der Waals surface area contributed by atoms with Crippen LogP contribution in [0.3, 0.4) is 0 Å². The van der Waals surface area contributed by atoms with Gasteiger partial charge in [-0.15, -0.1) is 0 Å². The molecule has 4 heteroatoms. The third-order valence-electron chi connectivity index (χ3n) is 3.82. The highest BCUT2D eigenvalue weighted by molar-refractivity contribution is 7.97. The van der Waals surface area contributed by atoms with Crippen molar-refractivity contribution in [3.63, 3.8) is 0 Å². The maximum Gasteiger partial charge on any atom is 0.0393 e. The minimum atomic E-state index is 0.412. The Labute approximate surface area is 140 Å². The Bertz CT molecular complexity index is 376. The summed E-state index contributed by atoms with van der Waals surface area (Å²) >= 11 is 1.82. The summed E-state index contributed by atoms with van der Waals surface area (Å²) in [5.74, 6) is 2.07. The Hall–Kier alpha value is -0.550. The maximum atomic E-state index is 5.46. The van der Waals surface area contributed by atoms with E-state index < -0.39 is 0 Å². The van der Waals surface area contributed by atoms with Crippen LogP contribution in [0.25, 0.3) is 0 Å². The molecule has 0 unspecified atom stereocenters. The second-order valence-electron chi connectivity index (χ2n) is 6.13. The summed E-state index contributed by atoms with van der Waals surface area (Å²) in [6.07, 6.45) is 6.40. The predicted molar refractivity (Wildman–Crippen MR) is 99.9 cm³/mol. The molecule has 5 N–H and O–H groups in total. The minimum Gasteiger partial charge on any atom is -0.330 e. The van der Waals surface area contributed by atoms with Crippen LogP contribution in [0.2, 0.25) is 0 Å². The zero-order valence-electron chi connectivity index (χ0n) is 14.2. The highest BCUT2D eigenvalue weighted by atomic mass is 32.2. The molecular weight excluding hydrogens is 290 g/mol. The van der Waals surface area contributed by atoms with Crippen LogP contribution in [-0.4, -0.2) is 18.8 Å². The minimum absolute atomic E-state index is 0.412. The van der Waals surface area contributed by atoms with E-state index in [0.717, 1.165) is 31.2 Å². The molecule has 1 fully saturated rings. The second kappa shape index (κ2) is 11.9. The van der Waals surface area contributed by atoms with Crippen molar-refractivity contribution >= 4 is 11.9 Å². The first-order valence-electron chi connectivity index (χ1n) is 8.51. The Morgan fingerprint density at radius 1 is 1.14 bits per heavy atom. The molecular formula is C18H33N3S. The Morgan fingerprint density at radius 2 is 1.82 bits per heavy atom. The zero-order valence-corrected chi connectivity index (χ0v) is 15.0. The number of rotatable bonds is 9. The van der Waals surface area contributed by atoms with E-state index in [-0.39, 0.29) is 0 Å². The van der Waals surface area contributed by atoms with Gasteiger partial charge < -0.3 is 11.5 Å². The van der Waals surface area contributed by atoms with E-state index in [1.165, 1.54) is 36.8 Å². The molecule has 1 aliphatic carbocycles. The van der Waals surface area contributed by atoms with Gasteiger partial charge in [-0.25, -0.2) is 0 Å². The molecule has 1 aromatic rings. The monoisotopic (exact) mass is 323 g/mol. The molecule has 0 saturated heterocycles. The molecule has 1 atom stereocenters. The zero-order chi connectivity index (χ0) is 16.2. The van der Waals surface area contributed by atoms with Gasteiger partial charge in [0.15, 0.2) is 0 Å². The van der Waals surface area contributed by atoms with Crippen LogP contribution in [0.5, 0.6) is 0 Å². The van der Waals surface area contributed by atoms with E-state index in [4.69, 9.17) is 11.5 Å². The first kappa shape index (κ1) is 19.5. The molecule has 126 valence electrons. The van der Waals surface area contributed by atoms with Gasteiger partial charge in [0, 0.05) is 11.8 Å². The third kappa shape index (κ3) is 9.46. The number of benzene rings is 1. The number of nitrogens with one attached hydrogen (secondary N) is 1. The first-order chi connectivity index (χ1) is 10.7. The van der Waals surface area contributed by atoms with Gasteiger partial charge in [-0.3, -0.25) is 4.72 Å². The number of nitrogens with two attached hydrogens (primary N) is 2. The predicted octanol–water partition coefficient (Wildman–Crippen LogP) is 3.78. The largest absolute Gasteiger partial charge is 0.330 e. The quantitative estimate of drug-likeness (QED) is 0.478. The van der Waals surface area contributed by atoms with Crippen LogP contribution >= 0.6 is 11.9 Å². The molecule has 1 aromatic carbocycles. The van der Waals surface area contributed by atoms with E-state index >= 15 is 0 Å². The van der Waals surface area contributed by atoms with Gasteiger partial charge in [0.1, 0.15) is 0 Å². The lowest BCUT2D eigenvalue weighted by Gasteiger charge is -2.13. The van der Waals surface area contributed by atoms with Crippen molar-refractivity contribution in [1.29, 1.82) is 0 Å².